The van der Waals surface area contributed by atoms with Crippen LogP contribution >= 0.6 is 0 Å². The summed E-state index contributed by atoms with van der Waals surface area (Å²) < 4.78 is 5.41. The number of nitrogens with zero attached hydrogens (tertiary/aromatic N) is 4. The van der Waals surface area contributed by atoms with E-state index >= 15 is 0 Å². The second kappa shape index (κ2) is 12.1. The molecule has 7 heteroatoms. The number of aryl methyl sites for hydroxylation is 1. The molecule has 0 bridgehead atoms. The van der Waals surface area contributed by atoms with Gasteiger partial charge in [0.2, 0.25) is 0 Å². The van der Waals surface area contributed by atoms with E-state index in [4.69, 9.17) is 4.74 Å². The Balaban J connectivity index is 0.00000361. The number of nitriles is 2. The molecule has 1 atom stereocenters. The maximum atomic E-state index is 13.3. The van der Waals surface area contributed by atoms with Crippen molar-refractivity contribution in [1.82, 2.24) is 15.2 Å². The molecule has 1 saturated heterocycles. The first-order valence-corrected chi connectivity index (χ1v) is 11.6. The molecule has 1 amide bonds. The van der Waals surface area contributed by atoms with Crippen molar-refractivity contribution in [1.29, 1.82) is 10.5 Å². The molecule has 0 aliphatic carbocycles. The van der Waals surface area contributed by atoms with Gasteiger partial charge in [0.25, 0.3) is 5.91 Å². The molecule has 0 saturated carbocycles. The monoisotopic (exact) mass is 481 g/mol. The number of carbonyl (C=O) groups excluding carboxylic acids is 1. The standard InChI is InChI=1S/C28H27N5O2.CH4/c1-19-3-4-26(25(11-19)16-30)22-12-23(27-17-31-6-5-21(27)15-29)14-24(13-22)28(34)32-20(2)18-33-7-9-35-10-8-33;/h3-6,11-14,17,20H,7-10,18H2,1-2H3,(H,32,34);1H4/t20-;/m1./s1. The highest BCUT2D eigenvalue weighted by molar-refractivity contribution is 5.98. The number of hydrogen-bond acceptors (Lipinski definition) is 6. The molecule has 1 fully saturated rings. The largest absolute Gasteiger partial charge is 0.379 e. The quantitative estimate of drug-likeness (QED) is 0.554. The first kappa shape index (κ1) is 26.6. The number of amides is 1. The fourth-order valence-corrected chi connectivity index (χ4v) is 4.32. The molecule has 7 nitrogen and oxygen atoms in total. The van der Waals surface area contributed by atoms with Gasteiger partial charge in [-0.25, -0.2) is 0 Å². The van der Waals surface area contributed by atoms with Crippen molar-refractivity contribution in [3.8, 4) is 34.4 Å². The molecule has 0 unspecified atom stereocenters. The predicted octanol–water partition coefficient (Wildman–Crippen LogP) is 4.55. The van der Waals surface area contributed by atoms with Crippen LogP contribution in [0.1, 0.15) is 41.4 Å². The summed E-state index contributed by atoms with van der Waals surface area (Å²) in [6, 6.07) is 17.2. The average molecular weight is 482 g/mol. The molecule has 4 rings (SSSR count). The molecular weight excluding hydrogens is 450 g/mol. The normalized spacial score (nSPS) is 14.1. The fraction of sp³-hybridized carbons (Fsp3) is 0.310. The molecule has 184 valence electrons. The third-order valence-electron chi connectivity index (χ3n) is 6.07. The van der Waals surface area contributed by atoms with Crippen LogP contribution < -0.4 is 5.32 Å². The third-order valence-corrected chi connectivity index (χ3v) is 6.07. The zero-order chi connectivity index (χ0) is 24.8. The van der Waals surface area contributed by atoms with Crippen molar-refractivity contribution in [2.24, 2.45) is 0 Å². The van der Waals surface area contributed by atoms with Crippen molar-refractivity contribution in [2.75, 3.05) is 32.8 Å². The molecule has 2 heterocycles. The molecule has 1 aliphatic rings. The molecule has 2 aromatic carbocycles. The minimum absolute atomic E-state index is 0. The van der Waals surface area contributed by atoms with Crippen LogP contribution in [0.4, 0.5) is 0 Å². The molecule has 1 N–H and O–H groups in total. The smallest absolute Gasteiger partial charge is 0.251 e. The number of pyridine rings is 1. The zero-order valence-electron chi connectivity index (χ0n) is 19.9. The van der Waals surface area contributed by atoms with Gasteiger partial charge < -0.3 is 10.1 Å². The van der Waals surface area contributed by atoms with Crippen LogP contribution in [0.3, 0.4) is 0 Å². The Kier molecular flexibility index (Phi) is 8.91. The van der Waals surface area contributed by atoms with Crippen molar-refractivity contribution >= 4 is 5.91 Å². The molecule has 0 radical (unpaired) electrons. The SMILES string of the molecule is C.Cc1ccc(-c2cc(C(=O)N[C@H](C)CN3CCOCC3)cc(-c3cnccc3C#N)c2)c(C#N)c1. The van der Waals surface area contributed by atoms with Gasteiger partial charge in [0.05, 0.1) is 36.5 Å². The molecule has 3 aromatic rings. The maximum Gasteiger partial charge on any atom is 0.251 e. The van der Waals surface area contributed by atoms with Gasteiger partial charge in [0.15, 0.2) is 0 Å². The molecular formula is C29H31N5O2. The summed E-state index contributed by atoms with van der Waals surface area (Å²) in [5.74, 6) is -0.207. The van der Waals surface area contributed by atoms with E-state index in [1.54, 1.807) is 30.6 Å². The third kappa shape index (κ3) is 6.14. The second-order valence-corrected chi connectivity index (χ2v) is 8.78. The van der Waals surface area contributed by atoms with E-state index in [2.05, 4.69) is 27.3 Å². The van der Waals surface area contributed by atoms with Crippen LogP contribution in [0.15, 0.2) is 54.9 Å². The van der Waals surface area contributed by atoms with Gasteiger partial charge in [-0.3, -0.25) is 14.7 Å². The highest BCUT2D eigenvalue weighted by atomic mass is 16.5. The molecule has 0 spiro atoms. The van der Waals surface area contributed by atoms with Crippen molar-refractivity contribution in [2.45, 2.75) is 27.3 Å². The summed E-state index contributed by atoms with van der Waals surface area (Å²) in [6.07, 6.45) is 3.20. The Morgan fingerprint density at radius 3 is 2.44 bits per heavy atom. The van der Waals surface area contributed by atoms with Gasteiger partial charge in [0.1, 0.15) is 0 Å². The minimum atomic E-state index is -0.207. The van der Waals surface area contributed by atoms with Crippen LogP contribution in [-0.4, -0.2) is 54.7 Å². The maximum absolute atomic E-state index is 13.3. The lowest BCUT2D eigenvalue weighted by atomic mass is 9.92. The van der Waals surface area contributed by atoms with Gasteiger partial charge in [-0.05, 0) is 66.4 Å². The summed E-state index contributed by atoms with van der Waals surface area (Å²) in [7, 11) is 0. The Morgan fingerprint density at radius 2 is 1.75 bits per heavy atom. The van der Waals surface area contributed by atoms with Gasteiger partial charge in [-0.1, -0.05) is 19.6 Å². The lowest BCUT2D eigenvalue weighted by Crippen LogP contribution is -2.46. The summed E-state index contributed by atoms with van der Waals surface area (Å²) in [4.78, 5) is 19.8. The van der Waals surface area contributed by atoms with Crippen LogP contribution in [0.5, 0.6) is 0 Å². The number of rotatable bonds is 6. The van der Waals surface area contributed by atoms with Crippen molar-refractivity contribution < 1.29 is 9.53 Å². The highest BCUT2D eigenvalue weighted by Crippen LogP contribution is 2.32. The Hall–Kier alpha value is -4.04. The molecule has 36 heavy (non-hydrogen) atoms. The van der Waals surface area contributed by atoms with Gasteiger partial charge >= 0.3 is 0 Å². The topological polar surface area (TPSA) is 102 Å². The number of ether oxygens (including phenoxy) is 1. The lowest BCUT2D eigenvalue weighted by molar-refractivity contribution is 0.0342. The number of hydrogen-bond donors (Lipinski definition) is 1. The Bertz CT molecular complexity index is 1320. The summed E-state index contributed by atoms with van der Waals surface area (Å²) in [5.41, 5.74) is 5.24. The van der Waals surface area contributed by atoms with Crippen molar-refractivity contribution in [3.63, 3.8) is 0 Å². The number of benzene rings is 2. The zero-order valence-corrected chi connectivity index (χ0v) is 19.9. The summed E-state index contributed by atoms with van der Waals surface area (Å²) >= 11 is 0. The van der Waals surface area contributed by atoms with E-state index in [0.717, 1.165) is 36.3 Å². The minimum Gasteiger partial charge on any atom is -0.379 e. The van der Waals surface area contributed by atoms with Crippen molar-refractivity contribution in [3.05, 3.63) is 77.1 Å². The summed E-state index contributed by atoms with van der Waals surface area (Å²) in [6.45, 7) is 7.77. The average Bonchev–Trinajstić information content (AvgIpc) is 2.88. The van der Waals surface area contributed by atoms with E-state index < -0.39 is 0 Å². The lowest BCUT2D eigenvalue weighted by Gasteiger charge is -2.29. The van der Waals surface area contributed by atoms with E-state index in [1.165, 1.54) is 0 Å². The van der Waals surface area contributed by atoms with Gasteiger partial charge in [0, 0.05) is 49.2 Å². The fourth-order valence-electron chi connectivity index (χ4n) is 4.32. The highest BCUT2D eigenvalue weighted by Gasteiger charge is 2.18. The van der Waals surface area contributed by atoms with Crippen LogP contribution in [-0.2, 0) is 4.74 Å². The molecule has 1 aliphatic heterocycles. The Labute approximate surface area is 213 Å². The number of carbonyl (C=O) groups is 1. The second-order valence-electron chi connectivity index (χ2n) is 8.78. The number of nitrogens with one attached hydrogen (secondary N) is 1. The van der Waals surface area contributed by atoms with Gasteiger partial charge in [-0.2, -0.15) is 10.5 Å². The van der Waals surface area contributed by atoms with Gasteiger partial charge in [-0.15, -0.1) is 0 Å². The Morgan fingerprint density at radius 1 is 1.06 bits per heavy atom. The molecule has 1 aromatic heterocycles. The number of aromatic nitrogens is 1. The van der Waals surface area contributed by atoms with E-state index in [9.17, 15) is 15.3 Å². The van der Waals surface area contributed by atoms with Crippen LogP contribution in [0, 0.1) is 29.6 Å². The first-order valence-electron chi connectivity index (χ1n) is 11.6. The predicted molar refractivity (Wildman–Crippen MR) is 140 cm³/mol. The summed E-state index contributed by atoms with van der Waals surface area (Å²) in [5, 5.41) is 22.4. The van der Waals surface area contributed by atoms with E-state index in [-0.39, 0.29) is 19.4 Å². The number of morpholine rings is 1. The first-order chi connectivity index (χ1) is 17.0. The van der Waals surface area contributed by atoms with Crippen LogP contribution in [0.25, 0.3) is 22.3 Å². The van der Waals surface area contributed by atoms with E-state index in [1.807, 2.05) is 38.1 Å². The van der Waals surface area contributed by atoms with E-state index in [0.29, 0.717) is 41.0 Å². The van der Waals surface area contributed by atoms with Crippen LogP contribution in [0.2, 0.25) is 0 Å².